The van der Waals surface area contributed by atoms with Crippen molar-refractivity contribution >= 4 is 17.7 Å². The zero-order valence-corrected chi connectivity index (χ0v) is 20.0. The number of non-ortho nitro benzene ring substituents is 1. The molecular formula is C26H26N4O5. The Labute approximate surface area is 203 Å². The van der Waals surface area contributed by atoms with Gasteiger partial charge in [-0.15, -0.1) is 0 Å². The number of nitro benzene ring substituents is 1. The van der Waals surface area contributed by atoms with Crippen molar-refractivity contribution in [2.45, 2.75) is 20.3 Å². The summed E-state index contributed by atoms with van der Waals surface area (Å²) in [7, 11) is 3.12. The first-order valence-corrected chi connectivity index (χ1v) is 10.8. The summed E-state index contributed by atoms with van der Waals surface area (Å²) in [5.74, 6) is 0.749. The lowest BCUT2D eigenvalue weighted by Gasteiger charge is -2.10. The minimum atomic E-state index is -0.479. The van der Waals surface area contributed by atoms with E-state index in [1.165, 1.54) is 18.2 Å². The predicted octanol–water partition coefficient (Wildman–Crippen LogP) is 4.29. The van der Waals surface area contributed by atoms with Crippen molar-refractivity contribution in [1.82, 2.24) is 9.88 Å². The number of hydrogen-bond acceptors (Lipinski definition) is 6. The normalized spacial score (nSPS) is 11.0. The third kappa shape index (κ3) is 5.68. The molecule has 1 heterocycles. The van der Waals surface area contributed by atoms with Crippen molar-refractivity contribution in [3.05, 3.63) is 86.7 Å². The monoisotopic (exact) mass is 474 g/mol. The van der Waals surface area contributed by atoms with Gasteiger partial charge in [0.25, 0.3) is 11.6 Å². The third-order valence-electron chi connectivity index (χ3n) is 5.58. The van der Waals surface area contributed by atoms with Crippen molar-refractivity contribution < 1.29 is 19.2 Å². The van der Waals surface area contributed by atoms with Gasteiger partial charge in [-0.3, -0.25) is 14.9 Å². The Kier molecular flexibility index (Phi) is 7.89. The summed E-state index contributed by atoms with van der Waals surface area (Å²) in [6.07, 6.45) is 2.08. The largest absolute Gasteiger partial charge is 0.493 e. The maximum Gasteiger partial charge on any atom is 0.271 e. The highest BCUT2D eigenvalue weighted by atomic mass is 16.6. The molecule has 1 amide bonds. The molecule has 0 unspecified atom stereocenters. The number of nitrogens with zero attached hydrogens (tertiary/aromatic N) is 3. The van der Waals surface area contributed by atoms with E-state index in [-0.39, 0.29) is 11.3 Å². The Morgan fingerprint density at radius 2 is 1.89 bits per heavy atom. The summed E-state index contributed by atoms with van der Waals surface area (Å²) < 4.78 is 12.4. The van der Waals surface area contributed by atoms with Crippen LogP contribution in [0.3, 0.4) is 0 Å². The van der Waals surface area contributed by atoms with Crippen molar-refractivity contribution in [2.75, 3.05) is 20.8 Å². The van der Waals surface area contributed by atoms with Crippen LogP contribution in [-0.2, 0) is 11.2 Å². The number of methoxy groups -OCH3 is 2. The molecule has 0 aliphatic rings. The number of carbonyl (C=O) groups is 1. The molecule has 0 saturated carbocycles. The van der Waals surface area contributed by atoms with E-state index in [0.717, 1.165) is 17.0 Å². The molecule has 0 bridgehead atoms. The molecule has 0 aliphatic heterocycles. The molecule has 0 fully saturated rings. The average Bonchev–Trinajstić information content (AvgIpc) is 3.14. The molecule has 0 atom stereocenters. The van der Waals surface area contributed by atoms with Gasteiger partial charge in [0.1, 0.15) is 11.6 Å². The standard InChI is InChI=1S/C26H26N4O5/c1-17-12-20(18(2)29(17)22-6-5-7-23(15-22)30(32)33)14-21(16-27)26(31)28-11-10-19-8-9-24(34-3)25(13-19)35-4/h5-9,12-15H,10-11H2,1-4H3,(H,28,31)/b21-14+. The highest BCUT2D eigenvalue weighted by molar-refractivity contribution is 6.01. The smallest absolute Gasteiger partial charge is 0.271 e. The van der Waals surface area contributed by atoms with Gasteiger partial charge in [-0.05, 0) is 61.7 Å². The van der Waals surface area contributed by atoms with Crippen LogP contribution < -0.4 is 14.8 Å². The first-order valence-electron chi connectivity index (χ1n) is 10.8. The molecule has 0 saturated heterocycles. The molecule has 2 aromatic carbocycles. The number of carbonyl (C=O) groups excluding carboxylic acids is 1. The minimum Gasteiger partial charge on any atom is -0.493 e. The second-order valence-corrected chi connectivity index (χ2v) is 7.80. The lowest BCUT2D eigenvalue weighted by Crippen LogP contribution is -2.26. The van der Waals surface area contributed by atoms with Crippen molar-refractivity contribution in [3.63, 3.8) is 0 Å². The average molecular weight is 475 g/mol. The maximum absolute atomic E-state index is 12.7. The SMILES string of the molecule is COc1ccc(CCNC(=O)/C(C#N)=C/c2cc(C)n(-c3cccc([N+](=O)[O-])c3)c2C)cc1OC. The second kappa shape index (κ2) is 11.0. The number of aromatic nitrogens is 1. The second-order valence-electron chi connectivity index (χ2n) is 7.80. The minimum absolute atomic E-state index is 0.0151. The predicted molar refractivity (Wildman–Crippen MR) is 132 cm³/mol. The number of nitriles is 1. The first kappa shape index (κ1) is 25.1. The van der Waals surface area contributed by atoms with Crippen molar-refractivity contribution in [2.24, 2.45) is 0 Å². The van der Waals surface area contributed by atoms with Gasteiger partial charge in [0, 0.05) is 30.1 Å². The van der Waals surface area contributed by atoms with E-state index < -0.39 is 10.8 Å². The van der Waals surface area contributed by atoms with Crippen LogP contribution in [0.2, 0.25) is 0 Å². The molecule has 3 aromatic rings. The van der Waals surface area contributed by atoms with E-state index in [4.69, 9.17) is 9.47 Å². The number of ether oxygens (including phenoxy) is 2. The van der Waals surface area contributed by atoms with E-state index >= 15 is 0 Å². The summed E-state index contributed by atoms with van der Waals surface area (Å²) >= 11 is 0. The number of aryl methyl sites for hydroxylation is 1. The maximum atomic E-state index is 12.7. The van der Waals surface area contributed by atoms with Gasteiger partial charge in [0.15, 0.2) is 11.5 Å². The molecular weight excluding hydrogens is 448 g/mol. The summed E-state index contributed by atoms with van der Waals surface area (Å²) in [6.45, 7) is 4.03. The molecule has 9 heteroatoms. The fourth-order valence-electron chi connectivity index (χ4n) is 3.83. The van der Waals surface area contributed by atoms with Crippen LogP contribution in [0.25, 0.3) is 11.8 Å². The van der Waals surface area contributed by atoms with E-state index in [1.54, 1.807) is 32.4 Å². The Balaban J connectivity index is 1.76. The highest BCUT2D eigenvalue weighted by Gasteiger charge is 2.15. The molecule has 1 N–H and O–H groups in total. The number of nitrogens with one attached hydrogen (secondary N) is 1. The quantitative estimate of drug-likeness (QED) is 0.214. The zero-order valence-electron chi connectivity index (χ0n) is 20.0. The molecule has 35 heavy (non-hydrogen) atoms. The molecule has 180 valence electrons. The van der Waals surface area contributed by atoms with Gasteiger partial charge >= 0.3 is 0 Å². The third-order valence-corrected chi connectivity index (χ3v) is 5.58. The van der Waals surface area contributed by atoms with Crippen LogP contribution in [0, 0.1) is 35.3 Å². The van der Waals surface area contributed by atoms with E-state index in [2.05, 4.69) is 5.32 Å². The fraction of sp³-hybridized carbons (Fsp3) is 0.231. The topological polar surface area (TPSA) is 119 Å². The van der Waals surface area contributed by atoms with Crippen molar-refractivity contribution in [1.29, 1.82) is 5.26 Å². The van der Waals surface area contributed by atoms with Crippen LogP contribution in [0.15, 0.2) is 54.1 Å². The number of nitro groups is 1. The molecule has 9 nitrogen and oxygen atoms in total. The Morgan fingerprint density at radius 3 is 2.54 bits per heavy atom. The van der Waals surface area contributed by atoms with Crippen molar-refractivity contribution in [3.8, 4) is 23.3 Å². The molecule has 0 aliphatic carbocycles. The highest BCUT2D eigenvalue weighted by Crippen LogP contribution is 2.28. The number of rotatable bonds is 9. The molecule has 0 spiro atoms. The lowest BCUT2D eigenvalue weighted by molar-refractivity contribution is -0.384. The summed E-state index contributed by atoms with van der Waals surface area (Å²) in [5, 5.41) is 23.5. The molecule has 1 aromatic heterocycles. The van der Waals surface area contributed by atoms with Gasteiger partial charge in [-0.1, -0.05) is 12.1 Å². The number of amides is 1. The van der Waals surface area contributed by atoms with Crippen LogP contribution in [0.4, 0.5) is 5.69 Å². The van der Waals surface area contributed by atoms with Crippen LogP contribution in [0.1, 0.15) is 22.5 Å². The lowest BCUT2D eigenvalue weighted by atomic mass is 10.1. The Morgan fingerprint density at radius 1 is 1.14 bits per heavy atom. The Bertz CT molecular complexity index is 1330. The van der Waals surface area contributed by atoms with Crippen LogP contribution in [-0.4, -0.2) is 36.2 Å². The van der Waals surface area contributed by atoms with Crippen LogP contribution in [0.5, 0.6) is 11.5 Å². The van der Waals surface area contributed by atoms with E-state index in [0.29, 0.717) is 35.7 Å². The zero-order chi connectivity index (χ0) is 25.5. The van der Waals surface area contributed by atoms with E-state index in [9.17, 15) is 20.2 Å². The summed E-state index contributed by atoms with van der Waals surface area (Å²) in [6, 6.07) is 15.6. The van der Waals surface area contributed by atoms with Gasteiger partial charge < -0.3 is 19.4 Å². The number of hydrogen-bond donors (Lipinski definition) is 1. The summed E-state index contributed by atoms with van der Waals surface area (Å²) in [5.41, 5.74) is 3.79. The van der Waals surface area contributed by atoms with E-state index in [1.807, 2.05) is 42.7 Å². The van der Waals surface area contributed by atoms with Gasteiger partial charge in [0.05, 0.1) is 24.8 Å². The number of benzene rings is 2. The fourth-order valence-corrected chi connectivity index (χ4v) is 3.83. The van der Waals surface area contributed by atoms with Gasteiger partial charge in [0.2, 0.25) is 0 Å². The van der Waals surface area contributed by atoms with Crippen LogP contribution >= 0.6 is 0 Å². The first-order chi connectivity index (χ1) is 16.8. The van der Waals surface area contributed by atoms with Gasteiger partial charge in [-0.2, -0.15) is 5.26 Å². The molecule has 0 radical (unpaired) electrons. The van der Waals surface area contributed by atoms with Gasteiger partial charge in [-0.25, -0.2) is 0 Å². The summed E-state index contributed by atoms with van der Waals surface area (Å²) in [4.78, 5) is 23.4. The molecule has 3 rings (SSSR count). The Hall–Kier alpha value is -4.58.